The lowest BCUT2D eigenvalue weighted by Crippen LogP contribution is -2.28. The van der Waals surface area contributed by atoms with Crippen molar-refractivity contribution in [3.05, 3.63) is 0 Å². The first-order chi connectivity index (χ1) is 6.83. The topological polar surface area (TPSA) is 38.3 Å². The minimum absolute atomic E-state index is 0.0898. The monoisotopic (exact) mass is 199 g/mol. The van der Waals surface area contributed by atoms with E-state index in [1.807, 2.05) is 0 Å². The third-order valence-electron chi connectivity index (χ3n) is 2.58. The van der Waals surface area contributed by atoms with Crippen molar-refractivity contribution in [2.24, 2.45) is 0 Å². The van der Waals surface area contributed by atoms with Crippen LogP contribution in [0.15, 0.2) is 0 Å². The number of rotatable bonds is 6. The van der Waals surface area contributed by atoms with E-state index in [1.165, 1.54) is 12.8 Å². The van der Waals surface area contributed by atoms with Crippen LogP contribution in [0.5, 0.6) is 0 Å². The van der Waals surface area contributed by atoms with Crippen molar-refractivity contribution in [3.8, 4) is 0 Å². The first-order valence-corrected chi connectivity index (χ1v) is 5.73. The highest BCUT2D eigenvalue weighted by molar-refractivity contribution is 5.71. The van der Waals surface area contributed by atoms with E-state index in [9.17, 15) is 4.79 Å². The molecular weight excluding hydrogens is 178 g/mol. The molecule has 3 nitrogen and oxygen atoms in total. The maximum absolute atomic E-state index is 11.3. The molecule has 0 amide bonds. The van der Waals surface area contributed by atoms with Gasteiger partial charge in [-0.1, -0.05) is 13.3 Å². The smallest absolute Gasteiger partial charge is 0.320 e. The van der Waals surface area contributed by atoms with E-state index in [0.29, 0.717) is 6.54 Å². The van der Waals surface area contributed by atoms with Crippen molar-refractivity contribution in [3.63, 3.8) is 0 Å². The van der Waals surface area contributed by atoms with Gasteiger partial charge in [-0.05, 0) is 38.6 Å². The number of hydrogen-bond donors (Lipinski definition) is 1. The molecule has 0 spiro atoms. The zero-order valence-electron chi connectivity index (χ0n) is 9.05. The fourth-order valence-electron chi connectivity index (χ4n) is 1.73. The van der Waals surface area contributed by atoms with E-state index in [2.05, 4.69) is 12.2 Å². The SMILES string of the molecule is CCCCNCC(=O)OC1CCCC1. The molecule has 1 N–H and O–H groups in total. The lowest BCUT2D eigenvalue weighted by Gasteiger charge is -2.11. The predicted molar refractivity (Wildman–Crippen MR) is 56.1 cm³/mol. The first kappa shape index (κ1) is 11.5. The van der Waals surface area contributed by atoms with Crippen LogP contribution in [0.1, 0.15) is 45.4 Å². The van der Waals surface area contributed by atoms with Crippen molar-refractivity contribution in [2.45, 2.75) is 51.6 Å². The van der Waals surface area contributed by atoms with Crippen molar-refractivity contribution in [1.29, 1.82) is 0 Å². The second kappa shape index (κ2) is 6.82. The van der Waals surface area contributed by atoms with Crippen LogP contribution in [0.4, 0.5) is 0 Å². The molecule has 0 heterocycles. The quantitative estimate of drug-likeness (QED) is 0.524. The van der Waals surface area contributed by atoms with Crippen LogP contribution in [0.25, 0.3) is 0 Å². The minimum atomic E-state index is -0.0898. The van der Waals surface area contributed by atoms with E-state index in [0.717, 1.165) is 32.2 Å². The summed E-state index contributed by atoms with van der Waals surface area (Å²) >= 11 is 0. The van der Waals surface area contributed by atoms with Crippen LogP contribution >= 0.6 is 0 Å². The van der Waals surface area contributed by atoms with Crippen molar-refractivity contribution in [1.82, 2.24) is 5.32 Å². The third kappa shape index (κ3) is 4.61. The average molecular weight is 199 g/mol. The van der Waals surface area contributed by atoms with Gasteiger partial charge < -0.3 is 10.1 Å². The Balaban J connectivity index is 1.98. The largest absolute Gasteiger partial charge is 0.461 e. The predicted octanol–water partition coefficient (Wildman–Crippen LogP) is 1.86. The summed E-state index contributed by atoms with van der Waals surface area (Å²) in [5.74, 6) is -0.0898. The van der Waals surface area contributed by atoms with Gasteiger partial charge in [0, 0.05) is 0 Å². The molecular formula is C11H21NO2. The number of carbonyl (C=O) groups is 1. The molecule has 0 aliphatic heterocycles. The molecule has 3 heteroatoms. The van der Waals surface area contributed by atoms with E-state index in [4.69, 9.17) is 4.74 Å². The summed E-state index contributed by atoms with van der Waals surface area (Å²) in [6, 6.07) is 0. The van der Waals surface area contributed by atoms with Gasteiger partial charge in [-0.3, -0.25) is 4.79 Å². The third-order valence-corrected chi connectivity index (χ3v) is 2.58. The van der Waals surface area contributed by atoms with Gasteiger partial charge in [0.15, 0.2) is 0 Å². The number of nitrogens with one attached hydrogen (secondary N) is 1. The van der Waals surface area contributed by atoms with Gasteiger partial charge in [-0.2, -0.15) is 0 Å². The van der Waals surface area contributed by atoms with E-state index >= 15 is 0 Å². The van der Waals surface area contributed by atoms with Crippen LogP contribution in [0.3, 0.4) is 0 Å². The highest BCUT2D eigenvalue weighted by Gasteiger charge is 2.18. The molecule has 0 saturated heterocycles. The number of esters is 1. The van der Waals surface area contributed by atoms with Crippen LogP contribution in [-0.2, 0) is 9.53 Å². The van der Waals surface area contributed by atoms with Crippen LogP contribution < -0.4 is 5.32 Å². The summed E-state index contributed by atoms with van der Waals surface area (Å²) in [4.78, 5) is 11.3. The Bertz CT molecular complexity index is 165. The number of ether oxygens (including phenoxy) is 1. The lowest BCUT2D eigenvalue weighted by molar-refractivity contribution is -0.147. The Kier molecular flexibility index (Phi) is 5.60. The van der Waals surface area contributed by atoms with E-state index in [1.54, 1.807) is 0 Å². The maximum atomic E-state index is 11.3. The van der Waals surface area contributed by atoms with Gasteiger partial charge in [0.25, 0.3) is 0 Å². The average Bonchev–Trinajstić information content (AvgIpc) is 2.65. The van der Waals surface area contributed by atoms with Gasteiger partial charge in [-0.25, -0.2) is 0 Å². The number of unbranched alkanes of at least 4 members (excludes halogenated alkanes) is 1. The summed E-state index contributed by atoms with van der Waals surface area (Å²) in [7, 11) is 0. The maximum Gasteiger partial charge on any atom is 0.320 e. The Morgan fingerprint density at radius 3 is 2.79 bits per heavy atom. The molecule has 1 aliphatic rings. The summed E-state index contributed by atoms with van der Waals surface area (Å²) in [6.07, 6.45) is 7.01. The van der Waals surface area contributed by atoms with Crippen molar-refractivity contribution < 1.29 is 9.53 Å². The molecule has 14 heavy (non-hydrogen) atoms. The Hall–Kier alpha value is -0.570. The normalized spacial score (nSPS) is 17.2. The molecule has 1 aliphatic carbocycles. The summed E-state index contributed by atoms with van der Waals surface area (Å²) in [5.41, 5.74) is 0. The number of hydrogen-bond acceptors (Lipinski definition) is 3. The first-order valence-electron chi connectivity index (χ1n) is 5.73. The number of carbonyl (C=O) groups excluding carboxylic acids is 1. The molecule has 1 fully saturated rings. The second-order valence-corrected chi connectivity index (χ2v) is 3.93. The molecule has 82 valence electrons. The van der Waals surface area contributed by atoms with Gasteiger partial charge in [0.2, 0.25) is 0 Å². The summed E-state index contributed by atoms with van der Waals surface area (Å²) in [6.45, 7) is 3.42. The molecule has 0 atom stereocenters. The fourth-order valence-corrected chi connectivity index (χ4v) is 1.73. The molecule has 0 aromatic carbocycles. The second-order valence-electron chi connectivity index (χ2n) is 3.93. The molecule has 1 rings (SSSR count). The Morgan fingerprint density at radius 1 is 1.43 bits per heavy atom. The molecule has 1 saturated carbocycles. The summed E-state index contributed by atoms with van der Waals surface area (Å²) < 4.78 is 5.29. The van der Waals surface area contributed by atoms with Crippen LogP contribution in [0, 0.1) is 0 Å². The highest BCUT2D eigenvalue weighted by atomic mass is 16.5. The van der Waals surface area contributed by atoms with Crippen molar-refractivity contribution >= 4 is 5.97 Å². The van der Waals surface area contributed by atoms with E-state index < -0.39 is 0 Å². The standard InChI is InChI=1S/C11H21NO2/c1-2-3-8-12-9-11(13)14-10-6-4-5-7-10/h10,12H,2-9H2,1H3. The van der Waals surface area contributed by atoms with Crippen molar-refractivity contribution in [2.75, 3.05) is 13.1 Å². The molecule has 0 unspecified atom stereocenters. The molecule has 0 aromatic rings. The Morgan fingerprint density at radius 2 is 2.14 bits per heavy atom. The zero-order valence-corrected chi connectivity index (χ0v) is 9.05. The molecule has 0 radical (unpaired) electrons. The zero-order chi connectivity index (χ0) is 10.2. The van der Waals surface area contributed by atoms with Crippen LogP contribution in [0.2, 0.25) is 0 Å². The fraction of sp³-hybridized carbons (Fsp3) is 0.909. The minimum Gasteiger partial charge on any atom is -0.461 e. The van der Waals surface area contributed by atoms with Gasteiger partial charge in [0.1, 0.15) is 6.10 Å². The Labute approximate surface area is 86.2 Å². The van der Waals surface area contributed by atoms with Gasteiger partial charge in [-0.15, -0.1) is 0 Å². The van der Waals surface area contributed by atoms with Gasteiger partial charge in [0.05, 0.1) is 6.54 Å². The summed E-state index contributed by atoms with van der Waals surface area (Å²) in [5, 5.41) is 3.09. The molecule has 0 aromatic heterocycles. The highest BCUT2D eigenvalue weighted by Crippen LogP contribution is 2.20. The lowest BCUT2D eigenvalue weighted by atomic mass is 10.3. The van der Waals surface area contributed by atoms with E-state index in [-0.39, 0.29) is 12.1 Å². The molecule has 0 bridgehead atoms. The van der Waals surface area contributed by atoms with Crippen LogP contribution in [-0.4, -0.2) is 25.2 Å². The van der Waals surface area contributed by atoms with Gasteiger partial charge >= 0.3 is 5.97 Å².